The lowest BCUT2D eigenvalue weighted by Gasteiger charge is -2.19. The minimum Gasteiger partial charge on any atom is -0.461 e. The number of hydrogen-bond donors (Lipinski definition) is 1. The second kappa shape index (κ2) is 26.5. The third-order valence-electron chi connectivity index (χ3n) is 8.10. The molecule has 0 heterocycles. The number of carbonyl (C=O) groups excluding carboxylic acids is 1. The van der Waals surface area contributed by atoms with Gasteiger partial charge in [0.15, 0.2) is 0 Å². The van der Waals surface area contributed by atoms with E-state index in [0.717, 1.165) is 38.5 Å². The summed E-state index contributed by atoms with van der Waals surface area (Å²) in [4.78, 5) is 12.0. The summed E-state index contributed by atoms with van der Waals surface area (Å²) in [6.45, 7) is 6.76. The van der Waals surface area contributed by atoms with Crippen LogP contribution in [-0.4, -0.2) is 31.6 Å². The van der Waals surface area contributed by atoms with E-state index in [1.54, 1.807) is 0 Å². The van der Waals surface area contributed by atoms with Crippen molar-refractivity contribution in [1.82, 2.24) is 5.32 Å². The largest absolute Gasteiger partial charge is 0.461 e. The van der Waals surface area contributed by atoms with Crippen molar-refractivity contribution in [2.75, 3.05) is 13.7 Å². The predicted molar refractivity (Wildman–Crippen MR) is 160 cm³/mol. The van der Waals surface area contributed by atoms with Crippen LogP contribution in [0.3, 0.4) is 0 Å². The van der Waals surface area contributed by atoms with E-state index in [-0.39, 0.29) is 6.61 Å². The van der Waals surface area contributed by atoms with E-state index in [0.29, 0.717) is 24.8 Å². The summed E-state index contributed by atoms with van der Waals surface area (Å²) in [5, 5.41) is 3.43. The van der Waals surface area contributed by atoms with E-state index >= 15 is 0 Å². The first-order chi connectivity index (χ1) is 18.4. The van der Waals surface area contributed by atoms with Gasteiger partial charge in [-0.3, -0.25) is 0 Å². The lowest BCUT2D eigenvalue weighted by atomic mass is 9.92. The van der Waals surface area contributed by atoms with Gasteiger partial charge in [0.25, 0.3) is 0 Å². The Hall–Kier alpha value is -0.710. The van der Waals surface area contributed by atoms with Crippen LogP contribution >= 0.6 is 0 Å². The fourth-order valence-electron chi connectivity index (χ4n) is 5.37. The molecule has 0 aromatic heterocycles. The third-order valence-corrected chi connectivity index (χ3v) is 8.10. The fraction of sp³-hybridized carbons (Fsp3) is 0.970. The van der Waals surface area contributed by atoms with Gasteiger partial charge in [-0.15, -0.1) is 0 Å². The number of halogens is 2. The lowest BCUT2D eigenvalue weighted by Crippen LogP contribution is -2.31. The molecule has 0 aliphatic rings. The number of hydrogen-bond acceptors (Lipinski definition) is 3. The van der Waals surface area contributed by atoms with E-state index in [9.17, 15) is 13.6 Å². The molecule has 0 aromatic rings. The van der Waals surface area contributed by atoms with Crippen LogP contribution in [0.2, 0.25) is 0 Å². The first kappa shape index (κ1) is 37.3. The van der Waals surface area contributed by atoms with Gasteiger partial charge in [0.2, 0.25) is 0 Å². The van der Waals surface area contributed by atoms with Crippen molar-refractivity contribution in [3.05, 3.63) is 0 Å². The maximum atomic E-state index is 14.3. The maximum absolute atomic E-state index is 14.3. The molecule has 38 heavy (non-hydrogen) atoms. The molecular formula is C33H65F2NO2. The van der Waals surface area contributed by atoms with Crippen molar-refractivity contribution in [2.45, 2.75) is 187 Å². The molecular weight excluding hydrogens is 480 g/mol. The smallest absolute Gasteiger partial charge is 0.376 e. The van der Waals surface area contributed by atoms with E-state index in [4.69, 9.17) is 4.74 Å². The first-order valence-electron chi connectivity index (χ1n) is 16.6. The van der Waals surface area contributed by atoms with Crippen molar-refractivity contribution in [3.63, 3.8) is 0 Å². The summed E-state index contributed by atoms with van der Waals surface area (Å²) < 4.78 is 33.7. The molecule has 0 radical (unpaired) electrons. The van der Waals surface area contributed by atoms with Gasteiger partial charge < -0.3 is 10.1 Å². The lowest BCUT2D eigenvalue weighted by molar-refractivity contribution is -0.173. The van der Waals surface area contributed by atoms with Gasteiger partial charge in [-0.25, -0.2) is 4.79 Å². The van der Waals surface area contributed by atoms with Crippen LogP contribution in [0.25, 0.3) is 0 Å². The SMILES string of the molecule is CCCCCCCCCCC(CCCCCCC(F)(F)C(=O)OCCC(CCCCC)CCCCC)NC. The monoisotopic (exact) mass is 545 g/mol. The fourth-order valence-corrected chi connectivity index (χ4v) is 5.37. The van der Waals surface area contributed by atoms with E-state index in [1.165, 1.54) is 96.3 Å². The van der Waals surface area contributed by atoms with Crippen LogP contribution in [0, 0.1) is 5.92 Å². The highest BCUT2D eigenvalue weighted by Gasteiger charge is 2.39. The summed E-state index contributed by atoms with van der Waals surface area (Å²) in [5.74, 6) is -4.20. The predicted octanol–water partition coefficient (Wildman–Crippen LogP) is 10.8. The minimum atomic E-state index is -3.36. The van der Waals surface area contributed by atoms with Gasteiger partial charge in [-0.05, 0) is 38.6 Å². The van der Waals surface area contributed by atoms with Gasteiger partial charge in [-0.2, -0.15) is 8.78 Å². The summed E-state index contributed by atoms with van der Waals surface area (Å²) in [6.07, 6.45) is 25.8. The topological polar surface area (TPSA) is 38.3 Å². The molecule has 0 aromatic carbocycles. The summed E-state index contributed by atoms with van der Waals surface area (Å²) in [7, 11) is 2.03. The van der Waals surface area contributed by atoms with Crippen LogP contribution in [0.4, 0.5) is 8.78 Å². The number of ether oxygens (including phenoxy) is 1. The number of rotatable bonds is 29. The molecule has 3 nitrogen and oxygen atoms in total. The molecule has 1 unspecified atom stereocenters. The van der Waals surface area contributed by atoms with Gasteiger partial charge in [0.1, 0.15) is 0 Å². The molecule has 0 fully saturated rings. The summed E-state index contributed by atoms with van der Waals surface area (Å²) in [5.41, 5.74) is 0. The van der Waals surface area contributed by atoms with Crippen molar-refractivity contribution in [2.24, 2.45) is 5.92 Å². The molecule has 0 rings (SSSR count). The van der Waals surface area contributed by atoms with Gasteiger partial charge in [0, 0.05) is 12.5 Å². The van der Waals surface area contributed by atoms with Gasteiger partial charge in [0.05, 0.1) is 6.61 Å². The normalized spacial score (nSPS) is 12.8. The van der Waals surface area contributed by atoms with Crippen molar-refractivity contribution < 1.29 is 18.3 Å². The Morgan fingerprint density at radius 2 is 1.05 bits per heavy atom. The second-order valence-electron chi connectivity index (χ2n) is 11.7. The Morgan fingerprint density at radius 1 is 0.632 bits per heavy atom. The van der Waals surface area contributed by atoms with E-state index < -0.39 is 18.3 Å². The molecule has 0 aliphatic carbocycles. The highest BCUT2D eigenvalue weighted by Crippen LogP contribution is 2.26. The quantitative estimate of drug-likeness (QED) is 0.0750. The Labute approximate surface area is 236 Å². The van der Waals surface area contributed by atoms with E-state index in [1.807, 2.05) is 7.05 Å². The number of nitrogens with one attached hydrogen (secondary N) is 1. The summed E-state index contributed by atoms with van der Waals surface area (Å²) >= 11 is 0. The van der Waals surface area contributed by atoms with Gasteiger partial charge >= 0.3 is 11.9 Å². The molecule has 0 bridgehead atoms. The van der Waals surface area contributed by atoms with Crippen LogP contribution in [-0.2, 0) is 9.53 Å². The molecule has 0 saturated carbocycles. The highest BCUT2D eigenvalue weighted by atomic mass is 19.3. The Morgan fingerprint density at radius 3 is 1.55 bits per heavy atom. The molecule has 0 saturated heterocycles. The van der Waals surface area contributed by atoms with Crippen molar-refractivity contribution >= 4 is 5.97 Å². The molecule has 0 amide bonds. The van der Waals surface area contributed by atoms with Crippen LogP contribution < -0.4 is 5.32 Å². The zero-order valence-corrected chi connectivity index (χ0v) is 25.9. The molecule has 1 N–H and O–H groups in total. The summed E-state index contributed by atoms with van der Waals surface area (Å²) in [6, 6.07) is 0.527. The third kappa shape index (κ3) is 22.1. The van der Waals surface area contributed by atoms with Crippen LogP contribution in [0.5, 0.6) is 0 Å². The molecule has 1 atom stereocenters. The number of unbranched alkanes of at least 4 members (excludes halogenated alkanes) is 14. The standard InChI is InChI=1S/C33H65F2NO2/c1-5-8-11-12-13-14-15-20-25-31(36-4)26-21-16-17-22-28-33(34,35)32(37)38-29-27-30(23-18-9-6-2)24-19-10-7-3/h30-31,36H,5-29H2,1-4H3. The Balaban J connectivity index is 3.98. The average Bonchev–Trinajstić information content (AvgIpc) is 2.90. The van der Waals surface area contributed by atoms with Crippen molar-refractivity contribution in [3.8, 4) is 0 Å². The Kier molecular flexibility index (Phi) is 26.0. The van der Waals surface area contributed by atoms with Crippen LogP contribution in [0.1, 0.15) is 175 Å². The number of carbonyl (C=O) groups is 1. The second-order valence-corrected chi connectivity index (χ2v) is 11.7. The zero-order valence-electron chi connectivity index (χ0n) is 25.9. The average molecular weight is 546 g/mol. The minimum absolute atomic E-state index is 0.127. The first-order valence-corrected chi connectivity index (χ1v) is 16.6. The zero-order chi connectivity index (χ0) is 28.3. The van der Waals surface area contributed by atoms with Gasteiger partial charge in [-0.1, -0.05) is 143 Å². The highest BCUT2D eigenvalue weighted by molar-refractivity contribution is 5.77. The molecule has 228 valence electrons. The number of alkyl halides is 2. The van der Waals surface area contributed by atoms with E-state index in [2.05, 4.69) is 26.1 Å². The molecule has 0 spiro atoms. The molecule has 0 aliphatic heterocycles. The molecule has 5 heteroatoms. The maximum Gasteiger partial charge on any atom is 0.376 e. The van der Waals surface area contributed by atoms with Crippen LogP contribution in [0.15, 0.2) is 0 Å². The Bertz CT molecular complexity index is 505. The number of esters is 1. The van der Waals surface area contributed by atoms with Crippen molar-refractivity contribution in [1.29, 1.82) is 0 Å².